The molecule has 1 aliphatic heterocycles. The number of sulfonamides is 1. The molecule has 0 aromatic heterocycles. The molecule has 1 saturated heterocycles. The van der Waals surface area contributed by atoms with E-state index < -0.39 is 20.3 Å². The van der Waals surface area contributed by atoms with Gasteiger partial charge in [-0.2, -0.15) is 17.0 Å². The van der Waals surface area contributed by atoms with Gasteiger partial charge in [-0.3, -0.25) is 4.18 Å². The highest BCUT2D eigenvalue weighted by Crippen LogP contribution is 2.10. The van der Waals surface area contributed by atoms with E-state index in [1.165, 1.54) is 4.31 Å². The number of hydrogen-bond acceptors (Lipinski definition) is 5. The molecule has 15 heavy (non-hydrogen) atoms. The summed E-state index contributed by atoms with van der Waals surface area (Å²) < 4.78 is 51.5. The van der Waals surface area contributed by atoms with Crippen LogP contribution in [-0.4, -0.2) is 65.0 Å². The van der Waals surface area contributed by atoms with Crippen LogP contribution < -0.4 is 0 Å². The zero-order valence-electron chi connectivity index (χ0n) is 8.58. The van der Waals surface area contributed by atoms with Crippen LogP contribution in [0.4, 0.5) is 0 Å². The molecule has 1 fully saturated rings. The second-order valence-corrected chi connectivity index (χ2v) is 6.87. The summed E-state index contributed by atoms with van der Waals surface area (Å²) in [5.74, 6) is 0. The highest BCUT2D eigenvalue weighted by Gasteiger charge is 2.29. The summed E-state index contributed by atoms with van der Waals surface area (Å²) in [6.07, 6.45) is 1.10. The first-order valence-electron chi connectivity index (χ1n) is 4.28. The lowest BCUT2D eigenvalue weighted by atomic mass is 10.4. The molecular weight excluding hydrogens is 244 g/mol. The van der Waals surface area contributed by atoms with Gasteiger partial charge < -0.3 is 0 Å². The van der Waals surface area contributed by atoms with Crippen molar-refractivity contribution in [3.05, 3.63) is 0 Å². The Balaban J connectivity index is 2.65. The molecule has 9 heteroatoms. The Morgan fingerprint density at radius 2 is 1.33 bits per heavy atom. The van der Waals surface area contributed by atoms with Crippen molar-refractivity contribution in [2.75, 3.05) is 39.5 Å². The molecule has 0 saturated carbocycles. The Morgan fingerprint density at radius 1 is 0.933 bits per heavy atom. The van der Waals surface area contributed by atoms with Crippen LogP contribution in [0, 0.1) is 0 Å². The molecule has 0 amide bonds. The molecular formula is C6H14N2O5S2. The minimum absolute atomic E-state index is 0.128. The van der Waals surface area contributed by atoms with Gasteiger partial charge in [0.2, 0.25) is 10.0 Å². The van der Waals surface area contributed by atoms with Gasteiger partial charge in [-0.05, 0) is 0 Å². The molecule has 0 spiro atoms. The SMILES string of the molecule is COS(=O)(=O)N1CCN(S(C)(=O)=O)CC1. The van der Waals surface area contributed by atoms with Gasteiger partial charge in [-0.1, -0.05) is 0 Å². The van der Waals surface area contributed by atoms with Crippen LogP contribution in [0.5, 0.6) is 0 Å². The monoisotopic (exact) mass is 258 g/mol. The molecule has 0 aromatic rings. The van der Waals surface area contributed by atoms with Crippen LogP contribution in [0.15, 0.2) is 0 Å². The van der Waals surface area contributed by atoms with Crippen molar-refractivity contribution in [2.45, 2.75) is 0 Å². The van der Waals surface area contributed by atoms with Crippen LogP contribution >= 0.6 is 0 Å². The van der Waals surface area contributed by atoms with E-state index in [0.717, 1.165) is 17.7 Å². The predicted octanol–water partition coefficient (Wildman–Crippen LogP) is -1.55. The van der Waals surface area contributed by atoms with Crippen LogP contribution in [0.25, 0.3) is 0 Å². The van der Waals surface area contributed by atoms with Gasteiger partial charge in [-0.15, -0.1) is 0 Å². The smallest absolute Gasteiger partial charge is 0.261 e. The number of rotatable bonds is 3. The largest absolute Gasteiger partial charge is 0.338 e. The van der Waals surface area contributed by atoms with Gasteiger partial charge in [-0.25, -0.2) is 8.42 Å². The maximum absolute atomic E-state index is 11.2. The molecule has 0 unspecified atom stereocenters. The lowest BCUT2D eigenvalue weighted by Crippen LogP contribution is -2.50. The van der Waals surface area contributed by atoms with Crippen LogP contribution in [0.3, 0.4) is 0 Å². The number of piperazine rings is 1. The minimum atomic E-state index is -3.68. The quantitative estimate of drug-likeness (QED) is 0.612. The first-order chi connectivity index (χ1) is 6.77. The number of hydrogen-bond donors (Lipinski definition) is 0. The molecule has 0 aliphatic carbocycles. The lowest BCUT2D eigenvalue weighted by molar-refractivity contribution is 0.243. The van der Waals surface area contributed by atoms with Gasteiger partial charge in [0.1, 0.15) is 0 Å². The molecule has 90 valence electrons. The van der Waals surface area contributed by atoms with Gasteiger partial charge in [0, 0.05) is 26.2 Å². The Bertz CT molecular complexity index is 407. The Kier molecular flexibility index (Phi) is 3.71. The highest BCUT2D eigenvalue weighted by molar-refractivity contribution is 7.88. The van der Waals surface area contributed by atoms with Crippen LogP contribution in [0.1, 0.15) is 0 Å². The van der Waals surface area contributed by atoms with Crippen molar-refractivity contribution >= 4 is 20.3 Å². The van der Waals surface area contributed by atoms with Crippen molar-refractivity contribution in [3.8, 4) is 0 Å². The van der Waals surface area contributed by atoms with E-state index in [1.807, 2.05) is 0 Å². The van der Waals surface area contributed by atoms with E-state index >= 15 is 0 Å². The predicted molar refractivity (Wildman–Crippen MR) is 53.9 cm³/mol. The zero-order valence-corrected chi connectivity index (χ0v) is 10.2. The maximum atomic E-state index is 11.2. The summed E-state index contributed by atoms with van der Waals surface area (Å²) in [4.78, 5) is 0. The second kappa shape index (κ2) is 4.34. The van der Waals surface area contributed by atoms with E-state index in [0.29, 0.717) is 0 Å². The van der Waals surface area contributed by atoms with Gasteiger partial charge >= 0.3 is 10.3 Å². The van der Waals surface area contributed by atoms with Gasteiger partial charge in [0.25, 0.3) is 0 Å². The molecule has 1 heterocycles. The fourth-order valence-corrected chi connectivity index (χ4v) is 2.98. The highest BCUT2D eigenvalue weighted by atomic mass is 32.2. The van der Waals surface area contributed by atoms with E-state index in [9.17, 15) is 16.8 Å². The van der Waals surface area contributed by atoms with Crippen molar-refractivity contribution < 1.29 is 21.0 Å². The summed E-state index contributed by atoms with van der Waals surface area (Å²) >= 11 is 0. The molecule has 0 radical (unpaired) electrons. The average Bonchev–Trinajstić information content (AvgIpc) is 2.17. The summed E-state index contributed by atoms with van der Waals surface area (Å²) in [5.41, 5.74) is 0. The summed E-state index contributed by atoms with van der Waals surface area (Å²) in [7, 11) is -5.83. The van der Waals surface area contributed by atoms with E-state index in [4.69, 9.17) is 0 Å². The summed E-state index contributed by atoms with van der Waals surface area (Å²) in [6, 6.07) is 0. The Morgan fingerprint density at radius 3 is 1.67 bits per heavy atom. The average molecular weight is 258 g/mol. The van der Waals surface area contributed by atoms with Crippen molar-refractivity contribution in [1.82, 2.24) is 8.61 Å². The summed E-state index contributed by atoms with van der Waals surface area (Å²) in [5, 5.41) is 0. The molecule has 0 atom stereocenters. The fourth-order valence-electron chi connectivity index (χ4n) is 1.33. The molecule has 0 aromatic carbocycles. The third-order valence-electron chi connectivity index (χ3n) is 2.19. The topological polar surface area (TPSA) is 84.0 Å². The first-order valence-corrected chi connectivity index (χ1v) is 7.49. The van der Waals surface area contributed by atoms with Crippen molar-refractivity contribution in [3.63, 3.8) is 0 Å². The van der Waals surface area contributed by atoms with Crippen molar-refractivity contribution in [2.24, 2.45) is 0 Å². The molecule has 1 aliphatic rings. The van der Waals surface area contributed by atoms with Crippen LogP contribution in [-0.2, 0) is 24.5 Å². The molecule has 0 bridgehead atoms. The minimum Gasteiger partial charge on any atom is -0.261 e. The molecule has 7 nitrogen and oxygen atoms in total. The fraction of sp³-hybridized carbons (Fsp3) is 1.00. The third-order valence-corrected chi connectivity index (χ3v) is 4.92. The zero-order chi connectivity index (χ0) is 11.7. The Hall–Kier alpha value is -0.220. The van der Waals surface area contributed by atoms with Crippen LogP contribution in [0.2, 0.25) is 0 Å². The lowest BCUT2D eigenvalue weighted by Gasteiger charge is -2.31. The first kappa shape index (κ1) is 12.8. The van der Waals surface area contributed by atoms with Gasteiger partial charge in [0.15, 0.2) is 0 Å². The maximum Gasteiger partial charge on any atom is 0.338 e. The standard InChI is InChI=1S/C6H14N2O5S2/c1-13-15(11,12)8-5-3-7(4-6-8)14(2,9)10/h3-6H2,1-2H3. The molecule has 0 N–H and O–H groups in total. The van der Waals surface area contributed by atoms with E-state index in [2.05, 4.69) is 4.18 Å². The van der Waals surface area contributed by atoms with E-state index in [-0.39, 0.29) is 26.2 Å². The number of nitrogens with zero attached hydrogens (tertiary/aromatic N) is 2. The second-order valence-electron chi connectivity index (χ2n) is 3.19. The normalized spacial score (nSPS) is 21.7. The van der Waals surface area contributed by atoms with Crippen molar-refractivity contribution in [1.29, 1.82) is 0 Å². The molecule has 1 rings (SSSR count). The van der Waals surface area contributed by atoms with E-state index in [1.54, 1.807) is 0 Å². The summed E-state index contributed by atoms with van der Waals surface area (Å²) in [6.45, 7) is 0.593. The third kappa shape index (κ3) is 3.11. The Labute approximate surface area is 89.9 Å². The van der Waals surface area contributed by atoms with Gasteiger partial charge in [0.05, 0.1) is 13.4 Å².